The van der Waals surface area contributed by atoms with Gasteiger partial charge in [0.25, 0.3) is 0 Å². The summed E-state index contributed by atoms with van der Waals surface area (Å²) in [5, 5.41) is 3.51. The molecule has 0 amide bonds. The van der Waals surface area contributed by atoms with E-state index in [1.54, 1.807) is 0 Å². The zero-order valence-corrected chi connectivity index (χ0v) is 13.2. The second-order valence-electron chi connectivity index (χ2n) is 4.82. The molecular weight excluding hydrogens is 321 g/mol. The maximum absolute atomic E-state index is 3.51. The average molecular weight is 345 g/mol. The van der Waals surface area contributed by atoms with Crippen LogP contribution in [0.3, 0.4) is 0 Å². The monoisotopic (exact) mass is 345 g/mol. The van der Waals surface area contributed by atoms with Gasteiger partial charge in [-0.3, -0.25) is 0 Å². The first-order valence-electron chi connectivity index (χ1n) is 6.59. The molecule has 0 atom stereocenters. The van der Waals surface area contributed by atoms with Gasteiger partial charge in [-0.25, -0.2) is 0 Å². The summed E-state index contributed by atoms with van der Waals surface area (Å²) in [5.41, 5.74) is 2.82. The van der Waals surface area contributed by atoms with Crippen LogP contribution in [0.4, 0.5) is 0 Å². The second kappa shape index (κ2) is 8.92. The van der Waals surface area contributed by atoms with Crippen molar-refractivity contribution in [3.05, 3.63) is 35.4 Å². The zero-order chi connectivity index (χ0) is 12.5. The molecule has 0 heterocycles. The van der Waals surface area contributed by atoms with Gasteiger partial charge in [-0.15, -0.1) is 0 Å². The summed E-state index contributed by atoms with van der Waals surface area (Å²) in [7, 11) is 0. The molecule has 1 rings (SSSR count). The number of hydrogen-bond acceptors (Lipinski definition) is 1. The highest BCUT2D eigenvalue weighted by atomic mass is 127. The van der Waals surface area contributed by atoms with Gasteiger partial charge in [0.05, 0.1) is 0 Å². The molecule has 0 saturated carbocycles. The van der Waals surface area contributed by atoms with Crippen LogP contribution in [0.2, 0.25) is 0 Å². The van der Waals surface area contributed by atoms with Crippen molar-refractivity contribution in [1.82, 2.24) is 5.32 Å². The third-order valence-corrected chi connectivity index (χ3v) is 3.73. The highest BCUT2D eigenvalue weighted by Crippen LogP contribution is 2.14. The lowest BCUT2D eigenvalue weighted by Gasteiger charge is -2.08. The molecule has 0 aliphatic heterocycles. The molecule has 0 spiro atoms. The lowest BCUT2D eigenvalue weighted by molar-refractivity contribution is 0.620. The number of nitrogens with one attached hydrogen (secondary N) is 1. The largest absolute Gasteiger partial charge is 0.313 e. The first-order chi connectivity index (χ1) is 8.24. The van der Waals surface area contributed by atoms with E-state index >= 15 is 0 Å². The van der Waals surface area contributed by atoms with Gasteiger partial charge in [0.15, 0.2) is 0 Å². The van der Waals surface area contributed by atoms with Gasteiger partial charge in [0, 0.05) is 6.54 Å². The molecule has 1 aromatic carbocycles. The van der Waals surface area contributed by atoms with E-state index in [1.807, 2.05) is 0 Å². The van der Waals surface area contributed by atoms with E-state index in [-0.39, 0.29) is 0 Å². The van der Waals surface area contributed by atoms with Gasteiger partial charge < -0.3 is 5.32 Å². The van der Waals surface area contributed by atoms with Crippen molar-refractivity contribution in [2.45, 2.75) is 45.6 Å². The van der Waals surface area contributed by atoms with E-state index in [9.17, 15) is 0 Å². The smallest absolute Gasteiger partial charge is 0.0205 e. The predicted octanol–water partition coefficient (Wildman–Crippen LogP) is 4.50. The minimum Gasteiger partial charge on any atom is -0.313 e. The van der Waals surface area contributed by atoms with E-state index < -0.39 is 0 Å². The SMILES string of the molecule is CC(C)c1ccc(CNCCCCCI)cc1. The molecule has 0 unspecified atom stereocenters. The number of benzene rings is 1. The van der Waals surface area contributed by atoms with Crippen LogP contribution in [0.5, 0.6) is 0 Å². The van der Waals surface area contributed by atoms with Crippen LogP contribution in [-0.2, 0) is 6.54 Å². The van der Waals surface area contributed by atoms with Gasteiger partial charge in [0.1, 0.15) is 0 Å². The maximum Gasteiger partial charge on any atom is 0.0205 e. The van der Waals surface area contributed by atoms with Crippen LogP contribution < -0.4 is 5.32 Å². The third-order valence-electron chi connectivity index (χ3n) is 2.96. The lowest BCUT2D eigenvalue weighted by atomic mass is 10.0. The number of hydrogen-bond donors (Lipinski definition) is 1. The third kappa shape index (κ3) is 6.41. The van der Waals surface area contributed by atoms with Crippen molar-refractivity contribution in [1.29, 1.82) is 0 Å². The molecule has 0 aliphatic rings. The van der Waals surface area contributed by atoms with E-state index in [2.05, 4.69) is 66.0 Å². The van der Waals surface area contributed by atoms with E-state index in [0.29, 0.717) is 5.92 Å². The van der Waals surface area contributed by atoms with Gasteiger partial charge >= 0.3 is 0 Å². The molecule has 0 aromatic heterocycles. The second-order valence-corrected chi connectivity index (χ2v) is 5.90. The number of halogens is 1. The van der Waals surface area contributed by atoms with Crippen LogP contribution in [-0.4, -0.2) is 11.0 Å². The highest BCUT2D eigenvalue weighted by Gasteiger charge is 1.98. The molecule has 17 heavy (non-hydrogen) atoms. The summed E-state index contributed by atoms with van der Waals surface area (Å²) in [4.78, 5) is 0. The Hall–Kier alpha value is -0.0900. The fourth-order valence-corrected chi connectivity index (χ4v) is 2.31. The Morgan fingerprint density at radius 3 is 2.35 bits per heavy atom. The van der Waals surface area contributed by atoms with Gasteiger partial charge in [0.2, 0.25) is 0 Å². The molecule has 1 aromatic rings. The van der Waals surface area contributed by atoms with Crippen molar-refractivity contribution in [3.63, 3.8) is 0 Å². The summed E-state index contributed by atoms with van der Waals surface area (Å²) >= 11 is 2.45. The fraction of sp³-hybridized carbons (Fsp3) is 0.600. The summed E-state index contributed by atoms with van der Waals surface area (Å²) in [5.74, 6) is 0.630. The quantitative estimate of drug-likeness (QED) is 0.415. The van der Waals surface area contributed by atoms with Crippen LogP contribution in [0, 0.1) is 0 Å². The molecule has 0 radical (unpaired) electrons. The van der Waals surface area contributed by atoms with Gasteiger partial charge in [-0.05, 0) is 40.9 Å². The van der Waals surface area contributed by atoms with E-state index in [0.717, 1.165) is 13.1 Å². The molecule has 0 fully saturated rings. The number of unbranched alkanes of at least 4 members (excludes halogenated alkanes) is 2. The van der Waals surface area contributed by atoms with Gasteiger partial charge in [-0.1, -0.05) is 67.1 Å². The Kier molecular flexibility index (Phi) is 7.86. The standard InChI is InChI=1S/C15H24IN/c1-13(2)15-8-6-14(7-9-15)12-17-11-5-3-4-10-16/h6-9,13,17H,3-5,10-12H2,1-2H3. The molecule has 96 valence electrons. The van der Waals surface area contributed by atoms with Crippen LogP contribution in [0.25, 0.3) is 0 Å². The molecule has 1 nitrogen and oxygen atoms in total. The van der Waals surface area contributed by atoms with Crippen molar-refractivity contribution in [2.24, 2.45) is 0 Å². The Bertz CT molecular complexity index is 292. The molecule has 1 N–H and O–H groups in total. The normalized spacial score (nSPS) is 11.1. The van der Waals surface area contributed by atoms with Gasteiger partial charge in [-0.2, -0.15) is 0 Å². The first-order valence-corrected chi connectivity index (χ1v) is 8.12. The topological polar surface area (TPSA) is 12.0 Å². The lowest BCUT2D eigenvalue weighted by Crippen LogP contribution is -2.14. The summed E-state index contributed by atoms with van der Waals surface area (Å²) in [6.07, 6.45) is 4.00. The minimum atomic E-state index is 0.630. The Morgan fingerprint density at radius 1 is 1.06 bits per heavy atom. The number of alkyl halides is 1. The number of rotatable bonds is 8. The Labute approximate surface area is 120 Å². The van der Waals surface area contributed by atoms with Crippen molar-refractivity contribution < 1.29 is 0 Å². The highest BCUT2D eigenvalue weighted by molar-refractivity contribution is 14.1. The van der Waals surface area contributed by atoms with Crippen LogP contribution in [0.15, 0.2) is 24.3 Å². The summed E-state index contributed by atoms with van der Waals surface area (Å²) in [6, 6.07) is 8.98. The summed E-state index contributed by atoms with van der Waals surface area (Å²) in [6.45, 7) is 6.62. The zero-order valence-electron chi connectivity index (χ0n) is 11.0. The summed E-state index contributed by atoms with van der Waals surface area (Å²) < 4.78 is 1.29. The van der Waals surface area contributed by atoms with Crippen molar-refractivity contribution in [3.8, 4) is 0 Å². The predicted molar refractivity (Wildman–Crippen MR) is 85.0 cm³/mol. The van der Waals surface area contributed by atoms with Crippen LogP contribution >= 0.6 is 22.6 Å². The van der Waals surface area contributed by atoms with E-state index in [4.69, 9.17) is 0 Å². The fourth-order valence-electron chi connectivity index (χ4n) is 1.77. The Balaban J connectivity index is 2.19. The molecule has 0 bridgehead atoms. The molecule has 0 aliphatic carbocycles. The maximum atomic E-state index is 3.51. The average Bonchev–Trinajstić information content (AvgIpc) is 2.34. The first kappa shape index (κ1) is 15.0. The molecule has 0 saturated heterocycles. The van der Waals surface area contributed by atoms with E-state index in [1.165, 1.54) is 34.8 Å². The Morgan fingerprint density at radius 2 is 1.76 bits per heavy atom. The van der Waals surface area contributed by atoms with Crippen molar-refractivity contribution in [2.75, 3.05) is 11.0 Å². The molecule has 2 heteroatoms. The molecular formula is C15H24IN. The van der Waals surface area contributed by atoms with Crippen LogP contribution in [0.1, 0.15) is 50.2 Å². The van der Waals surface area contributed by atoms with Crippen molar-refractivity contribution >= 4 is 22.6 Å². The minimum absolute atomic E-state index is 0.630.